The lowest BCUT2D eigenvalue weighted by molar-refractivity contribution is -0.124. The molecule has 0 radical (unpaired) electrons. The van der Waals surface area contributed by atoms with Gasteiger partial charge in [-0.15, -0.1) is 0 Å². The van der Waals surface area contributed by atoms with E-state index in [1.165, 1.54) is 0 Å². The SMILES string of the molecule is COc1ccc2cc(-c3cc(C(=O)OCC(=O)NCCc4ccccc4)c4ccccc4n3)ccc2c1. The fourth-order valence-corrected chi connectivity index (χ4v) is 4.25. The lowest BCUT2D eigenvalue weighted by Gasteiger charge is -2.11. The highest BCUT2D eigenvalue weighted by Gasteiger charge is 2.17. The molecular weight excluding hydrogens is 464 g/mol. The Morgan fingerprint density at radius 3 is 2.43 bits per heavy atom. The second-order valence-electron chi connectivity index (χ2n) is 8.66. The molecule has 1 heterocycles. The summed E-state index contributed by atoms with van der Waals surface area (Å²) >= 11 is 0. The number of esters is 1. The van der Waals surface area contributed by atoms with Crippen molar-refractivity contribution in [3.05, 3.63) is 108 Å². The smallest absolute Gasteiger partial charge is 0.339 e. The fraction of sp³-hybridized carbons (Fsp3) is 0.129. The van der Waals surface area contributed by atoms with Crippen LogP contribution >= 0.6 is 0 Å². The highest BCUT2D eigenvalue weighted by molar-refractivity contribution is 6.05. The predicted octanol–water partition coefficient (Wildman–Crippen LogP) is 5.58. The number of fused-ring (bicyclic) bond motifs is 2. The van der Waals surface area contributed by atoms with Crippen LogP contribution in [0.3, 0.4) is 0 Å². The van der Waals surface area contributed by atoms with Crippen LogP contribution in [0.15, 0.2) is 97.1 Å². The van der Waals surface area contributed by atoms with Crippen molar-refractivity contribution in [2.24, 2.45) is 0 Å². The molecule has 1 aromatic heterocycles. The maximum absolute atomic E-state index is 13.1. The van der Waals surface area contributed by atoms with E-state index >= 15 is 0 Å². The Bertz CT molecular complexity index is 1580. The van der Waals surface area contributed by atoms with E-state index in [2.05, 4.69) is 5.32 Å². The van der Waals surface area contributed by atoms with Crippen LogP contribution in [-0.4, -0.2) is 37.1 Å². The highest BCUT2D eigenvalue weighted by Crippen LogP contribution is 2.29. The van der Waals surface area contributed by atoms with Gasteiger partial charge in [-0.3, -0.25) is 4.79 Å². The van der Waals surface area contributed by atoms with Gasteiger partial charge in [-0.2, -0.15) is 0 Å². The molecule has 0 aliphatic heterocycles. The van der Waals surface area contributed by atoms with Gasteiger partial charge in [0.25, 0.3) is 5.91 Å². The molecule has 0 saturated heterocycles. The number of nitrogens with zero attached hydrogens (tertiary/aromatic N) is 1. The average Bonchev–Trinajstić information content (AvgIpc) is 2.95. The summed E-state index contributed by atoms with van der Waals surface area (Å²) in [7, 11) is 1.64. The first-order valence-corrected chi connectivity index (χ1v) is 12.1. The Balaban J connectivity index is 1.34. The van der Waals surface area contributed by atoms with E-state index in [0.29, 0.717) is 35.1 Å². The first-order chi connectivity index (χ1) is 18.1. The molecule has 5 rings (SSSR count). The Morgan fingerprint density at radius 1 is 0.838 bits per heavy atom. The molecular formula is C31H26N2O4. The topological polar surface area (TPSA) is 77.5 Å². The number of carbonyl (C=O) groups is 2. The van der Waals surface area contributed by atoms with Crippen LogP contribution in [-0.2, 0) is 16.0 Å². The molecule has 184 valence electrons. The summed E-state index contributed by atoms with van der Waals surface area (Å²) in [6.07, 6.45) is 0.706. The van der Waals surface area contributed by atoms with Crippen LogP contribution in [0.4, 0.5) is 0 Å². The number of methoxy groups -OCH3 is 1. The molecule has 5 aromatic rings. The van der Waals surface area contributed by atoms with Crippen LogP contribution in [0, 0.1) is 0 Å². The van der Waals surface area contributed by atoms with Gasteiger partial charge in [-0.1, -0.05) is 66.7 Å². The lowest BCUT2D eigenvalue weighted by Crippen LogP contribution is -2.30. The standard InChI is InChI=1S/C31H26N2O4/c1-36-25-14-13-22-17-24(12-11-23(22)18-25)29-19-27(26-9-5-6-10-28(26)33-29)31(35)37-20-30(34)32-16-15-21-7-3-2-4-8-21/h2-14,17-19H,15-16,20H2,1H3,(H,32,34). The molecule has 0 atom stereocenters. The Labute approximate surface area is 214 Å². The Kier molecular flexibility index (Phi) is 7.08. The third-order valence-corrected chi connectivity index (χ3v) is 6.19. The van der Waals surface area contributed by atoms with Crippen molar-refractivity contribution in [2.45, 2.75) is 6.42 Å². The van der Waals surface area contributed by atoms with Gasteiger partial charge in [0.1, 0.15) is 5.75 Å². The monoisotopic (exact) mass is 490 g/mol. The predicted molar refractivity (Wildman–Crippen MR) is 145 cm³/mol. The van der Waals surface area contributed by atoms with Gasteiger partial charge in [0.05, 0.1) is 23.9 Å². The number of pyridine rings is 1. The van der Waals surface area contributed by atoms with E-state index in [1.807, 2.05) is 91.0 Å². The number of carbonyl (C=O) groups excluding carboxylic acids is 2. The molecule has 6 nitrogen and oxygen atoms in total. The number of hydrogen-bond acceptors (Lipinski definition) is 5. The summed E-state index contributed by atoms with van der Waals surface area (Å²) in [5.41, 5.74) is 3.69. The molecule has 37 heavy (non-hydrogen) atoms. The van der Waals surface area contributed by atoms with Crippen molar-refractivity contribution in [2.75, 3.05) is 20.3 Å². The third kappa shape index (κ3) is 5.59. The van der Waals surface area contributed by atoms with Crippen LogP contribution < -0.4 is 10.1 Å². The molecule has 0 unspecified atom stereocenters. The van der Waals surface area contributed by atoms with Gasteiger partial charge >= 0.3 is 5.97 Å². The minimum atomic E-state index is -0.566. The summed E-state index contributed by atoms with van der Waals surface area (Å²) in [5.74, 6) is -0.116. The van der Waals surface area contributed by atoms with E-state index in [4.69, 9.17) is 14.5 Å². The lowest BCUT2D eigenvalue weighted by atomic mass is 10.0. The molecule has 0 aliphatic rings. The number of aromatic nitrogens is 1. The van der Waals surface area contributed by atoms with Crippen molar-refractivity contribution in [3.63, 3.8) is 0 Å². The summed E-state index contributed by atoms with van der Waals surface area (Å²) in [4.78, 5) is 30.1. The van der Waals surface area contributed by atoms with Crippen LogP contribution in [0.1, 0.15) is 15.9 Å². The van der Waals surface area contributed by atoms with E-state index in [0.717, 1.165) is 27.6 Å². The number of hydrogen-bond donors (Lipinski definition) is 1. The van der Waals surface area contributed by atoms with Crippen LogP contribution in [0.5, 0.6) is 5.75 Å². The molecule has 6 heteroatoms. The van der Waals surface area contributed by atoms with Gasteiger partial charge in [0.15, 0.2) is 6.61 Å². The summed E-state index contributed by atoms with van der Waals surface area (Å²) in [6, 6.07) is 30.9. The van der Waals surface area contributed by atoms with Crippen molar-refractivity contribution < 1.29 is 19.1 Å². The zero-order valence-corrected chi connectivity index (χ0v) is 20.4. The second-order valence-corrected chi connectivity index (χ2v) is 8.66. The third-order valence-electron chi connectivity index (χ3n) is 6.19. The molecule has 0 saturated carbocycles. The summed E-state index contributed by atoms with van der Waals surface area (Å²) < 4.78 is 10.7. The molecule has 4 aromatic carbocycles. The van der Waals surface area contributed by atoms with Crippen molar-refractivity contribution >= 4 is 33.6 Å². The van der Waals surface area contributed by atoms with Gasteiger partial charge in [0.2, 0.25) is 0 Å². The van der Waals surface area contributed by atoms with Crippen molar-refractivity contribution in [1.29, 1.82) is 0 Å². The number of rotatable bonds is 8. The number of benzene rings is 4. The average molecular weight is 491 g/mol. The molecule has 0 spiro atoms. The van der Waals surface area contributed by atoms with E-state index < -0.39 is 5.97 Å². The highest BCUT2D eigenvalue weighted by atomic mass is 16.5. The molecule has 1 amide bonds. The van der Waals surface area contributed by atoms with Crippen LogP contribution in [0.25, 0.3) is 32.9 Å². The maximum Gasteiger partial charge on any atom is 0.339 e. The Morgan fingerprint density at radius 2 is 1.59 bits per heavy atom. The zero-order chi connectivity index (χ0) is 25.6. The van der Waals surface area contributed by atoms with Gasteiger partial charge < -0.3 is 14.8 Å². The quantitative estimate of drug-likeness (QED) is 0.287. The largest absolute Gasteiger partial charge is 0.497 e. The molecule has 0 bridgehead atoms. The Hall–Kier alpha value is -4.71. The van der Waals surface area contributed by atoms with Gasteiger partial charge in [0, 0.05) is 17.5 Å². The second kappa shape index (κ2) is 10.9. The molecule has 0 fully saturated rings. The minimum Gasteiger partial charge on any atom is -0.497 e. The zero-order valence-electron chi connectivity index (χ0n) is 20.4. The van der Waals surface area contributed by atoms with E-state index in [9.17, 15) is 9.59 Å². The number of nitrogens with one attached hydrogen (secondary N) is 1. The normalized spacial score (nSPS) is 10.8. The first kappa shape index (κ1) is 24.0. The van der Waals surface area contributed by atoms with E-state index in [1.54, 1.807) is 13.2 Å². The summed E-state index contributed by atoms with van der Waals surface area (Å²) in [5, 5.41) is 5.55. The van der Waals surface area contributed by atoms with Crippen molar-refractivity contribution in [3.8, 4) is 17.0 Å². The number of amides is 1. The van der Waals surface area contributed by atoms with Crippen LogP contribution in [0.2, 0.25) is 0 Å². The molecule has 0 aliphatic carbocycles. The number of para-hydroxylation sites is 1. The fourth-order valence-electron chi connectivity index (χ4n) is 4.25. The maximum atomic E-state index is 13.1. The number of ether oxygens (including phenoxy) is 2. The molecule has 1 N–H and O–H groups in total. The van der Waals surface area contributed by atoms with Crippen molar-refractivity contribution in [1.82, 2.24) is 10.3 Å². The summed E-state index contributed by atoms with van der Waals surface area (Å²) in [6.45, 7) is 0.119. The van der Waals surface area contributed by atoms with Gasteiger partial charge in [-0.25, -0.2) is 9.78 Å². The first-order valence-electron chi connectivity index (χ1n) is 12.1. The minimum absolute atomic E-state index is 0.340. The van der Waals surface area contributed by atoms with Gasteiger partial charge in [-0.05, 0) is 53.1 Å². The van der Waals surface area contributed by atoms with E-state index in [-0.39, 0.29) is 12.5 Å².